The number of hydrogen-bond donors (Lipinski definition) is 1. The van der Waals surface area contributed by atoms with E-state index in [2.05, 4.69) is 4.98 Å². The van der Waals surface area contributed by atoms with E-state index in [0.29, 0.717) is 16.9 Å². The zero-order chi connectivity index (χ0) is 17.3. The molecule has 1 N–H and O–H groups in total. The average Bonchev–Trinajstić information content (AvgIpc) is 2.96. The van der Waals surface area contributed by atoms with Crippen LogP contribution in [0, 0.1) is 11.3 Å². The van der Waals surface area contributed by atoms with Crippen LogP contribution in [0.15, 0.2) is 42.6 Å². The summed E-state index contributed by atoms with van der Waals surface area (Å²) in [5.74, 6) is 0.374. The third-order valence-electron chi connectivity index (χ3n) is 4.06. The van der Waals surface area contributed by atoms with Gasteiger partial charge in [-0.1, -0.05) is 12.1 Å². The molecule has 124 valence electrons. The molecule has 0 saturated carbocycles. The van der Waals surface area contributed by atoms with Crippen molar-refractivity contribution in [1.29, 1.82) is 5.26 Å². The Balaban J connectivity index is 2.02. The minimum atomic E-state index is -4.43. The Hall–Kier alpha value is -2.59. The second-order valence-corrected chi connectivity index (χ2v) is 5.67. The van der Waals surface area contributed by atoms with E-state index in [1.807, 2.05) is 6.07 Å². The van der Waals surface area contributed by atoms with Crippen molar-refractivity contribution in [3.8, 4) is 6.07 Å². The summed E-state index contributed by atoms with van der Waals surface area (Å²) in [6.45, 7) is 0.215. The van der Waals surface area contributed by atoms with E-state index in [4.69, 9.17) is 0 Å². The Bertz CT molecular complexity index is 785. The van der Waals surface area contributed by atoms with Crippen molar-refractivity contribution in [3.63, 3.8) is 0 Å². The van der Waals surface area contributed by atoms with Crippen LogP contribution in [-0.2, 0) is 6.18 Å². The van der Waals surface area contributed by atoms with Crippen LogP contribution in [0.2, 0.25) is 0 Å². The molecular formula is C17H14F3N3O. The standard InChI is InChI=1S/C17H14F3N3O/c18-17(19,20)13-5-1-3-11(7-13)15-8-14(24)10-23(15)16-12(9-21)4-2-6-22-16/h1-7,14-15,24H,8,10H2/t14-,15+/m1/s1. The number of nitriles is 1. The smallest absolute Gasteiger partial charge is 0.391 e. The van der Waals surface area contributed by atoms with E-state index in [9.17, 15) is 23.5 Å². The van der Waals surface area contributed by atoms with Crippen LogP contribution < -0.4 is 4.90 Å². The second-order valence-electron chi connectivity index (χ2n) is 5.67. The van der Waals surface area contributed by atoms with E-state index in [1.165, 1.54) is 12.3 Å². The van der Waals surface area contributed by atoms with Crippen LogP contribution in [0.25, 0.3) is 0 Å². The highest BCUT2D eigenvalue weighted by Crippen LogP contribution is 2.38. The Kier molecular flexibility index (Phi) is 4.16. The molecule has 2 aromatic rings. The number of halogens is 3. The summed E-state index contributed by atoms with van der Waals surface area (Å²) < 4.78 is 38.9. The molecule has 0 aliphatic carbocycles. The molecule has 7 heteroatoms. The maximum Gasteiger partial charge on any atom is 0.416 e. The topological polar surface area (TPSA) is 60.2 Å². The highest BCUT2D eigenvalue weighted by atomic mass is 19.4. The summed E-state index contributed by atoms with van der Waals surface area (Å²) in [6.07, 6.45) is -3.33. The molecule has 1 fully saturated rings. The predicted molar refractivity (Wildman–Crippen MR) is 81.1 cm³/mol. The van der Waals surface area contributed by atoms with Gasteiger partial charge in [-0.3, -0.25) is 0 Å². The first kappa shape index (κ1) is 16.3. The Morgan fingerprint density at radius 3 is 2.75 bits per heavy atom. The molecule has 1 aromatic heterocycles. The Morgan fingerprint density at radius 1 is 1.25 bits per heavy atom. The first-order valence-corrected chi connectivity index (χ1v) is 7.37. The van der Waals surface area contributed by atoms with Gasteiger partial charge in [0.25, 0.3) is 0 Å². The fourth-order valence-electron chi connectivity index (χ4n) is 3.00. The molecule has 0 amide bonds. The number of alkyl halides is 3. The molecule has 3 rings (SSSR count). The van der Waals surface area contributed by atoms with E-state index < -0.39 is 23.9 Å². The predicted octanol–water partition coefficient (Wildman–Crippen LogP) is 3.28. The fourth-order valence-corrected chi connectivity index (χ4v) is 3.00. The molecule has 2 heterocycles. The molecule has 0 radical (unpaired) electrons. The molecule has 1 aromatic carbocycles. The van der Waals surface area contributed by atoms with Crippen molar-refractivity contribution < 1.29 is 18.3 Å². The van der Waals surface area contributed by atoms with Crippen molar-refractivity contribution in [2.24, 2.45) is 0 Å². The lowest BCUT2D eigenvalue weighted by Gasteiger charge is -2.26. The number of anilines is 1. The summed E-state index contributed by atoms with van der Waals surface area (Å²) >= 11 is 0. The largest absolute Gasteiger partial charge is 0.416 e. The summed E-state index contributed by atoms with van der Waals surface area (Å²) in [7, 11) is 0. The van der Waals surface area contributed by atoms with Gasteiger partial charge in [-0.15, -0.1) is 0 Å². The number of pyridine rings is 1. The van der Waals surface area contributed by atoms with Gasteiger partial charge in [-0.25, -0.2) is 4.98 Å². The second kappa shape index (κ2) is 6.13. The number of β-amino-alcohol motifs (C(OH)–C–C–N with tert-alkyl or cyclic N) is 1. The summed E-state index contributed by atoms with van der Waals surface area (Å²) in [4.78, 5) is 5.88. The van der Waals surface area contributed by atoms with Gasteiger partial charge < -0.3 is 10.0 Å². The number of nitrogens with zero attached hydrogens (tertiary/aromatic N) is 3. The van der Waals surface area contributed by atoms with Gasteiger partial charge in [0.15, 0.2) is 0 Å². The van der Waals surface area contributed by atoms with Gasteiger partial charge in [0.2, 0.25) is 0 Å². The molecule has 2 atom stereocenters. The van der Waals surface area contributed by atoms with Gasteiger partial charge in [0.05, 0.1) is 23.3 Å². The van der Waals surface area contributed by atoms with E-state index in [0.717, 1.165) is 12.1 Å². The van der Waals surface area contributed by atoms with E-state index in [-0.39, 0.29) is 13.0 Å². The Morgan fingerprint density at radius 2 is 2.04 bits per heavy atom. The molecular weight excluding hydrogens is 319 g/mol. The molecule has 0 unspecified atom stereocenters. The monoisotopic (exact) mass is 333 g/mol. The number of aromatic nitrogens is 1. The minimum absolute atomic E-state index is 0.215. The maximum atomic E-state index is 13.0. The van der Waals surface area contributed by atoms with E-state index in [1.54, 1.807) is 23.1 Å². The molecule has 1 saturated heterocycles. The molecule has 24 heavy (non-hydrogen) atoms. The summed E-state index contributed by atoms with van der Waals surface area (Å²) in [6, 6.07) is 9.82. The Labute approximate surface area is 136 Å². The van der Waals surface area contributed by atoms with Crippen LogP contribution in [0.4, 0.5) is 19.0 Å². The number of benzene rings is 1. The third-order valence-corrected chi connectivity index (χ3v) is 4.06. The lowest BCUT2D eigenvalue weighted by Crippen LogP contribution is -2.26. The highest BCUT2D eigenvalue weighted by molar-refractivity contribution is 5.56. The highest BCUT2D eigenvalue weighted by Gasteiger charge is 2.36. The normalized spacial score (nSPS) is 20.9. The number of rotatable bonds is 2. The average molecular weight is 333 g/mol. The first-order valence-electron chi connectivity index (χ1n) is 7.37. The zero-order valence-electron chi connectivity index (χ0n) is 12.5. The molecule has 1 aliphatic rings. The molecule has 4 nitrogen and oxygen atoms in total. The van der Waals surface area contributed by atoms with Gasteiger partial charge in [-0.05, 0) is 36.2 Å². The van der Waals surface area contributed by atoms with Crippen LogP contribution in [0.5, 0.6) is 0 Å². The number of hydrogen-bond acceptors (Lipinski definition) is 4. The van der Waals surface area contributed by atoms with Gasteiger partial charge in [-0.2, -0.15) is 18.4 Å². The molecule has 1 aliphatic heterocycles. The first-order chi connectivity index (χ1) is 11.4. The van der Waals surface area contributed by atoms with Crippen molar-refractivity contribution in [1.82, 2.24) is 4.98 Å². The summed E-state index contributed by atoms with van der Waals surface area (Å²) in [5, 5.41) is 19.2. The SMILES string of the molecule is N#Cc1cccnc1N1C[C@H](O)C[C@H]1c1cccc(C(F)(F)F)c1. The van der Waals surface area contributed by atoms with Crippen molar-refractivity contribution in [2.75, 3.05) is 11.4 Å². The quantitative estimate of drug-likeness (QED) is 0.916. The fraction of sp³-hybridized carbons (Fsp3) is 0.294. The van der Waals surface area contributed by atoms with Crippen LogP contribution in [-0.4, -0.2) is 22.7 Å². The van der Waals surface area contributed by atoms with Crippen LogP contribution >= 0.6 is 0 Å². The maximum absolute atomic E-state index is 13.0. The molecule has 0 spiro atoms. The van der Waals surface area contributed by atoms with E-state index >= 15 is 0 Å². The summed E-state index contributed by atoms with van der Waals surface area (Å²) in [5.41, 5.74) is 0.0300. The van der Waals surface area contributed by atoms with Crippen LogP contribution in [0.1, 0.15) is 29.2 Å². The lowest BCUT2D eigenvalue weighted by atomic mass is 10.0. The number of aliphatic hydroxyl groups excluding tert-OH is 1. The van der Waals surface area contributed by atoms with Gasteiger partial charge in [0.1, 0.15) is 11.9 Å². The van der Waals surface area contributed by atoms with Crippen molar-refractivity contribution in [2.45, 2.75) is 24.7 Å². The van der Waals surface area contributed by atoms with Crippen molar-refractivity contribution in [3.05, 3.63) is 59.3 Å². The number of aliphatic hydroxyl groups is 1. The van der Waals surface area contributed by atoms with Gasteiger partial charge in [0, 0.05) is 12.7 Å². The minimum Gasteiger partial charge on any atom is -0.391 e. The zero-order valence-corrected chi connectivity index (χ0v) is 12.5. The third kappa shape index (κ3) is 3.05. The van der Waals surface area contributed by atoms with Crippen molar-refractivity contribution >= 4 is 5.82 Å². The lowest BCUT2D eigenvalue weighted by molar-refractivity contribution is -0.137. The van der Waals surface area contributed by atoms with Crippen LogP contribution in [0.3, 0.4) is 0 Å². The van der Waals surface area contributed by atoms with Gasteiger partial charge >= 0.3 is 6.18 Å². The molecule has 0 bridgehead atoms.